The Morgan fingerprint density at radius 3 is 2.92 bits per heavy atom. The first-order valence-corrected chi connectivity index (χ1v) is 9.09. The second-order valence-electron chi connectivity index (χ2n) is 6.42. The molecule has 0 spiro atoms. The van der Waals surface area contributed by atoms with Crippen molar-refractivity contribution in [3.63, 3.8) is 0 Å². The topological polar surface area (TPSA) is 72.0 Å². The van der Waals surface area contributed by atoms with Crippen LogP contribution in [0.15, 0.2) is 41.2 Å². The van der Waals surface area contributed by atoms with Crippen molar-refractivity contribution in [1.82, 2.24) is 29.9 Å². The number of aromatic nitrogens is 4. The van der Waals surface area contributed by atoms with Crippen LogP contribution in [0.4, 0.5) is 0 Å². The predicted molar refractivity (Wildman–Crippen MR) is 98.8 cm³/mol. The van der Waals surface area contributed by atoms with Gasteiger partial charge in [0.05, 0.1) is 6.04 Å². The molecule has 1 aromatic carbocycles. The summed E-state index contributed by atoms with van der Waals surface area (Å²) in [5.41, 5.74) is 0.900. The summed E-state index contributed by atoms with van der Waals surface area (Å²) in [7, 11) is 2.03. The van der Waals surface area contributed by atoms with Crippen LogP contribution in [0.2, 0.25) is 5.02 Å². The molecule has 7 nitrogen and oxygen atoms in total. The summed E-state index contributed by atoms with van der Waals surface area (Å²) < 4.78 is 7.51. The minimum Gasteiger partial charge on any atom is -0.339 e. The second-order valence-corrected chi connectivity index (χ2v) is 6.86. The van der Waals surface area contributed by atoms with Crippen molar-refractivity contribution in [3.05, 3.63) is 53.4 Å². The molecule has 1 N–H and O–H groups in total. The zero-order valence-electron chi connectivity index (χ0n) is 14.6. The standard InChI is InChI=1S/C18H21ClN6O/c1-24-10-8-21-18(24)15-12-20-7-11-25(15)9-6-16-22-17(23-26-16)13-2-4-14(19)5-3-13/h2-5,8,10,15,20H,6-7,9,11-12H2,1H3. The van der Waals surface area contributed by atoms with Gasteiger partial charge in [0.1, 0.15) is 5.82 Å². The van der Waals surface area contributed by atoms with E-state index in [2.05, 4.69) is 29.9 Å². The molecule has 3 heterocycles. The zero-order valence-corrected chi connectivity index (χ0v) is 15.4. The van der Waals surface area contributed by atoms with Crippen molar-refractivity contribution in [2.75, 3.05) is 26.2 Å². The van der Waals surface area contributed by atoms with E-state index in [1.54, 1.807) is 0 Å². The van der Waals surface area contributed by atoms with E-state index in [9.17, 15) is 0 Å². The molecule has 4 rings (SSSR count). The number of nitrogens with one attached hydrogen (secondary N) is 1. The third-order valence-corrected chi connectivity index (χ3v) is 4.95. The summed E-state index contributed by atoms with van der Waals surface area (Å²) in [6.07, 6.45) is 4.54. The van der Waals surface area contributed by atoms with E-state index in [0.717, 1.165) is 37.6 Å². The number of aryl methyl sites for hydroxylation is 1. The molecular formula is C18H21ClN6O. The van der Waals surface area contributed by atoms with Gasteiger partial charge in [-0.1, -0.05) is 16.8 Å². The number of hydrogen-bond acceptors (Lipinski definition) is 6. The molecule has 0 aliphatic carbocycles. The van der Waals surface area contributed by atoms with Gasteiger partial charge in [0.25, 0.3) is 0 Å². The lowest BCUT2D eigenvalue weighted by Crippen LogP contribution is -2.47. The Kier molecular flexibility index (Phi) is 5.01. The molecule has 2 aromatic heterocycles. The number of rotatable bonds is 5. The van der Waals surface area contributed by atoms with Crippen molar-refractivity contribution in [2.24, 2.45) is 7.05 Å². The minimum absolute atomic E-state index is 0.252. The first-order valence-electron chi connectivity index (χ1n) is 8.71. The monoisotopic (exact) mass is 372 g/mol. The summed E-state index contributed by atoms with van der Waals surface area (Å²) in [5, 5.41) is 8.23. The highest BCUT2D eigenvalue weighted by atomic mass is 35.5. The Labute approximate surface area is 157 Å². The number of benzene rings is 1. The van der Waals surface area contributed by atoms with E-state index in [1.165, 1.54) is 0 Å². The molecule has 1 atom stereocenters. The fraction of sp³-hybridized carbons (Fsp3) is 0.389. The quantitative estimate of drug-likeness (QED) is 0.741. The maximum absolute atomic E-state index is 5.93. The summed E-state index contributed by atoms with van der Waals surface area (Å²) in [6.45, 7) is 3.68. The lowest BCUT2D eigenvalue weighted by Gasteiger charge is -2.35. The van der Waals surface area contributed by atoms with E-state index >= 15 is 0 Å². The van der Waals surface area contributed by atoms with Crippen molar-refractivity contribution < 1.29 is 4.52 Å². The van der Waals surface area contributed by atoms with E-state index in [0.29, 0.717) is 23.2 Å². The third-order valence-electron chi connectivity index (χ3n) is 4.69. The van der Waals surface area contributed by atoms with Crippen LogP contribution < -0.4 is 5.32 Å². The Balaban J connectivity index is 1.43. The maximum Gasteiger partial charge on any atom is 0.228 e. The molecule has 3 aromatic rings. The lowest BCUT2D eigenvalue weighted by molar-refractivity contribution is 0.150. The second kappa shape index (κ2) is 7.57. The zero-order chi connectivity index (χ0) is 17.9. The van der Waals surface area contributed by atoms with Crippen LogP contribution in [-0.4, -0.2) is 50.8 Å². The van der Waals surface area contributed by atoms with Crippen LogP contribution in [0, 0.1) is 0 Å². The highest BCUT2D eigenvalue weighted by molar-refractivity contribution is 6.30. The molecule has 1 saturated heterocycles. The van der Waals surface area contributed by atoms with Gasteiger partial charge in [-0.25, -0.2) is 4.98 Å². The molecule has 1 aliphatic heterocycles. The van der Waals surface area contributed by atoms with E-state index in [1.807, 2.05) is 43.7 Å². The van der Waals surface area contributed by atoms with Gasteiger partial charge in [0, 0.05) is 62.6 Å². The van der Waals surface area contributed by atoms with E-state index < -0.39 is 0 Å². The fourth-order valence-corrected chi connectivity index (χ4v) is 3.40. The lowest BCUT2D eigenvalue weighted by atomic mass is 10.1. The molecule has 1 fully saturated rings. The van der Waals surface area contributed by atoms with Crippen LogP contribution in [0.5, 0.6) is 0 Å². The Hall–Kier alpha value is -2.22. The number of imidazole rings is 1. The van der Waals surface area contributed by atoms with Gasteiger partial charge in [-0.2, -0.15) is 4.98 Å². The summed E-state index contributed by atoms with van der Waals surface area (Å²) in [4.78, 5) is 11.5. The summed E-state index contributed by atoms with van der Waals surface area (Å²) in [5.74, 6) is 2.31. The summed E-state index contributed by atoms with van der Waals surface area (Å²) >= 11 is 5.93. The van der Waals surface area contributed by atoms with Crippen LogP contribution in [-0.2, 0) is 13.5 Å². The number of nitrogens with zero attached hydrogens (tertiary/aromatic N) is 5. The van der Waals surface area contributed by atoms with Gasteiger partial charge in [0.2, 0.25) is 11.7 Å². The van der Waals surface area contributed by atoms with E-state index in [4.69, 9.17) is 16.1 Å². The molecule has 8 heteroatoms. The number of piperazine rings is 1. The van der Waals surface area contributed by atoms with Crippen LogP contribution in [0.25, 0.3) is 11.4 Å². The highest BCUT2D eigenvalue weighted by Gasteiger charge is 2.26. The average molecular weight is 373 g/mol. The first kappa shape index (κ1) is 17.2. The SMILES string of the molecule is Cn1ccnc1C1CNCCN1CCc1nc(-c2ccc(Cl)cc2)no1. The first-order chi connectivity index (χ1) is 12.7. The van der Waals surface area contributed by atoms with Gasteiger partial charge in [-0.15, -0.1) is 0 Å². The van der Waals surface area contributed by atoms with Crippen molar-refractivity contribution in [1.29, 1.82) is 0 Å². The van der Waals surface area contributed by atoms with Crippen molar-refractivity contribution >= 4 is 11.6 Å². The Morgan fingerprint density at radius 2 is 2.15 bits per heavy atom. The fourth-order valence-electron chi connectivity index (χ4n) is 3.28. The summed E-state index contributed by atoms with van der Waals surface area (Å²) in [6, 6.07) is 7.69. The highest BCUT2D eigenvalue weighted by Crippen LogP contribution is 2.22. The van der Waals surface area contributed by atoms with E-state index in [-0.39, 0.29) is 6.04 Å². The smallest absolute Gasteiger partial charge is 0.228 e. The predicted octanol–water partition coefficient (Wildman–Crippen LogP) is 2.31. The van der Waals surface area contributed by atoms with Gasteiger partial charge < -0.3 is 14.4 Å². The minimum atomic E-state index is 0.252. The molecule has 1 aliphatic rings. The van der Waals surface area contributed by atoms with Crippen LogP contribution in [0.3, 0.4) is 0 Å². The maximum atomic E-state index is 5.93. The molecule has 0 radical (unpaired) electrons. The van der Waals surface area contributed by atoms with Crippen LogP contribution >= 0.6 is 11.6 Å². The number of hydrogen-bond donors (Lipinski definition) is 1. The molecule has 0 saturated carbocycles. The number of halogens is 1. The van der Waals surface area contributed by atoms with Gasteiger partial charge >= 0.3 is 0 Å². The van der Waals surface area contributed by atoms with Gasteiger partial charge in [-0.3, -0.25) is 4.90 Å². The molecular weight excluding hydrogens is 352 g/mol. The van der Waals surface area contributed by atoms with Gasteiger partial charge in [0.15, 0.2) is 0 Å². The van der Waals surface area contributed by atoms with Gasteiger partial charge in [-0.05, 0) is 24.3 Å². The largest absolute Gasteiger partial charge is 0.339 e. The third kappa shape index (κ3) is 3.65. The van der Waals surface area contributed by atoms with Crippen molar-refractivity contribution in [3.8, 4) is 11.4 Å². The molecule has 0 amide bonds. The molecule has 0 bridgehead atoms. The molecule has 26 heavy (non-hydrogen) atoms. The molecule has 1 unspecified atom stereocenters. The molecule has 136 valence electrons. The Bertz CT molecular complexity index is 859. The average Bonchev–Trinajstić information content (AvgIpc) is 3.30. The Morgan fingerprint density at radius 1 is 1.31 bits per heavy atom. The van der Waals surface area contributed by atoms with Crippen molar-refractivity contribution in [2.45, 2.75) is 12.5 Å². The van der Waals surface area contributed by atoms with Crippen LogP contribution in [0.1, 0.15) is 17.8 Å². The normalized spacial score (nSPS) is 18.3.